The van der Waals surface area contributed by atoms with Gasteiger partial charge in [0.05, 0.1) is 6.10 Å². The van der Waals surface area contributed by atoms with Crippen LogP contribution in [0.2, 0.25) is 0 Å². The molecule has 1 aliphatic carbocycles. The average molecular weight is 305 g/mol. The predicted octanol–water partition coefficient (Wildman–Crippen LogP) is 1.45. The Kier molecular flexibility index (Phi) is 4.84. The molecule has 0 radical (unpaired) electrons. The van der Waals surface area contributed by atoms with Gasteiger partial charge in [0.15, 0.2) is 0 Å². The van der Waals surface area contributed by atoms with Gasteiger partial charge in [-0.3, -0.25) is 4.79 Å². The van der Waals surface area contributed by atoms with Crippen LogP contribution in [0, 0.1) is 11.8 Å². The molecular weight excluding hydrogens is 278 g/mol. The van der Waals surface area contributed by atoms with E-state index in [4.69, 9.17) is 0 Å². The molecule has 1 amide bonds. The minimum Gasteiger partial charge on any atom is -0.393 e. The van der Waals surface area contributed by atoms with E-state index in [0.717, 1.165) is 50.9 Å². The van der Waals surface area contributed by atoms with Crippen molar-refractivity contribution in [3.63, 3.8) is 0 Å². The number of rotatable bonds is 5. The molecule has 2 aliphatic rings. The molecule has 1 aromatic heterocycles. The second-order valence-electron chi connectivity index (χ2n) is 6.72. The Hall–Kier alpha value is -1.33. The fraction of sp³-hybridized carbons (Fsp3) is 0.706. The van der Waals surface area contributed by atoms with Crippen molar-refractivity contribution in [3.05, 3.63) is 23.5 Å². The minimum absolute atomic E-state index is 0.00961. The van der Waals surface area contributed by atoms with Crippen molar-refractivity contribution >= 4 is 5.91 Å². The number of carbonyl (C=O) groups excluding carboxylic acids is 1. The fourth-order valence-electron chi connectivity index (χ4n) is 3.76. The molecule has 2 heterocycles. The molecule has 1 saturated carbocycles. The Labute approximate surface area is 131 Å². The molecule has 2 fully saturated rings. The topological polar surface area (TPSA) is 77.2 Å². The van der Waals surface area contributed by atoms with Crippen LogP contribution in [0.5, 0.6) is 0 Å². The summed E-state index contributed by atoms with van der Waals surface area (Å²) >= 11 is 0. The van der Waals surface area contributed by atoms with Gasteiger partial charge in [0, 0.05) is 11.7 Å². The van der Waals surface area contributed by atoms with Crippen molar-refractivity contribution in [2.24, 2.45) is 11.8 Å². The Balaban J connectivity index is 1.67. The molecular formula is C17H27N3O2. The van der Waals surface area contributed by atoms with Crippen molar-refractivity contribution in [1.82, 2.24) is 15.6 Å². The van der Waals surface area contributed by atoms with E-state index >= 15 is 0 Å². The summed E-state index contributed by atoms with van der Waals surface area (Å²) in [7, 11) is 0. The molecule has 1 aromatic rings. The lowest BCUT2D eigenvalue weighted by atomic mass is 9.71. The van der Waals surface area contributed by atoms with E-state index in [1.54, 1.807) is 0 Å². The monoisotopic (exact) mass is 305 g/mol. The highest BCUT2D eigenvalue weighted by Gasteiger charge is 2.39. The molecule has 1 atom stereocenters. The first-order chi connectivity index (χ1) is 10.7. The second-order valence-corrected chi connectivity index (χ2v) is 6.72. The zero-order valence-corrected chi connectivity index (χ0v) is 13.3. The van der Waals surface area contributed by atoms with Gasteiger partial charge in [-0.05, 0) is 69.2 Å². The van der Waals surface area contributed by atoms with Crippen LogP contribution < -0.4 is 10.6 Å². The Morgan fingerprint density at radius 1 is 1.32 bits per heavy atom. The third-order valence-electron chi connectivity index (χ3n) is 5.22. The zero-order valence-electron chi connectivity index (χ0n) is 13.3. The van der Waals surface area contributed by atoms with E-state index in [1.165, 1.54) is 0 Å². The van der Waals surface area contributed by atoms with Gasteiger partial charge in [-0.15, -0.1) is 0 Å². The van der Waals surface area contributed by atoms with Crippen molar-refractivity contribution < 1.29 is 9.90 Å². The smallest absolute Gasteiger partial charge is 0.267 e. The summed E-state index contributed by atoms with van der Waals surface area (Å²) in [5.41, 5.74) is 1.73. The lowest BCUT2D eigenvalue weighted by molar-refractivity contribution is 0.00914. The van der Waals surface area contributed by atoms with Crippen LogP contribution in [0.3, 0.4) is 0 Å². The maximum absolute atomic E-state index is 12.5. The number of hydrogen-bond donors (Lipinski definition) is 4. The number of aryl methyl sites for hydroxylation is 1. The maximum atomic E-state index is 12.5. The lowest BCUT2D eigenvalue weighted by Crippen LogP contribution is -2.52. The maximum Gasteiger partial charge on any atom is 0.267 e. The van der Waals surface area contributed by atoms with Gasteiger partial charge in [0.1, 0.15) is 5.69 Å². The van der Waals surface area contributed by atoms with E-state index in [2.05, 4.69) is 22.5 Å². The van der Waals surface area contributed by atoms with Gasteiger partial charge >= 0.3 is 0 Å². The predicted molar refractivity (Wildman–Crippen MR) is 85.7 cm³/mol. The number of aliphatic hydroxyl groups is 1. The van der Waals surface area contributed by atoms with Crippen LogP contribution in [-0.2, 0) is 6.42 Å². The number of nitrogens with one attached hydrogen (secondary N) is 3. The van der Waals surface area contributed by atoms with Gasteiger partial charge in [0.2, 0.25) is 0 Å². The van der Waals surface area contributed by atoms with Crippen LogP contribution in [-0.4, -0.2) is 41.2 Å². The Bertz CT molecular complexity index is 502. The summed E-state index contributed by atoms with van der Waals surface area (Å²) in [4.78, 5) is 15.7. The molecule has 5 heteroatoms. The number of H-pyrrole nitrogens is 1. The van der Waals surface area contributed by atoms with Crippen molar-refractivity contribution in [3.8, 4) is 0 Å². The van der Waals surface area contributed by atoms with Crippen molar-refractivity contribution in [2.75, 3.05) is 13.1 Å². The number of carbonyl (C=O) groups is 1. The number of hydrogen-bond acceptors (Lipinski definition) is 3. The summed E-state index contributed by atoms with van der Waals surface area (Å²) in [6.45, 7) is 4.12. The number of aromatic nitrogens is 1. The molecule has 0 aromatic carbocycles. The lowest BCUT2D eigenvalue weighted by Gasteiger charge is -2.43. The van der Waals surface area contributed by atoms with Crippen LogP contribution >= 0.6 is 0 Å². The number of piperidine rings is 1. The molecule has 1 saturated heterocycles. The summed E-state index contributed by atoms with van der Waals surface area (Å²) in [5.74, 6) is 0.926. The zero-order chi connectivity index (χ0) is 15.5. The third-order valence-corrected chi connectivity index (χ3v) is 5.22. The van der Waals surface area contributed by atoms with Gasteiger partial charge < -0.3 is 20.7 Å². The highest BCUT2D eigenvalue weighted by molar-refractivity contribution is 5.92. The van der Waals surface area contributed by atoms with E-state index < -0.39 is 0 Å². The highest BCUT2D eigenvalue weighted by Crippen LogP contribution is 2.35. The Morgan fingerprint density at radius 3 is 2.64 bits per heavy atom. The molecule has 1 unspecified atom stereocenters. The molecule has 1 aliphatic heterocycles. The summed E-state index contributed by atoms with van der Waals surface area (Å²) in [6.07, 6.45) is 4.56. The normalized spacial score (nSPS) is 27.2. The third kappa shape index (κ3) is 3.36. The average Bonchev–Trinajstić information content (AvgIpc) is 3.00. The summed E-state index contributed by atoms with van der Waals surface area (Å²) in [5, 5.41) is 16.3. The summed E-state index contributed by atoms with van der Waals surface area (Å²) in [6, 6.07) is 4.02. The molecule has 122 valence electrons. The first kappa shape index (κ1) is 15.6. The number of aliphatic hydroxyl groups excluding tert-OH is 1. The first-order valence-corrected chi connectivity index (χ1v) is 8.55. The molecule has 22 heavy (non-hydrogen) atoms. The highest BCUT2D eigenvalue weighted by atomic mass is 16.3. The summed E-state index contributed by atoms with van der Waals surface area (Å²) < 4.78 is 0. The SMILES string of the molecule is CCc1ccc(C(=O)NC(C2CCNCC2)C2CC(O)C2)[nH]1. The molecule has 5 nitrogen and oxygen atoms in total. The number of aromatic amines is 1. The quantitative estimate of drug-likeness (QED) is 0.665. The van der Waals surface area contributed by atoms with E-state index in [-0.39, 0.29) is 18.1 Å². The minimum atomic E-state index is -0.178. The molecule has 3 rings (SSSR count). The molecule has 0 bridgehead atoms. The van der Waals surface area contributed by atoms with Gasteiger partial charge in [0.25, 0.3) is 5.91 Å². The van der Waals surface area contributed by atoms with Crippen LogP contribution in [0.25, 0.3) is 0 Å². The van der Waals surface area contributed by atoms with Crippen LogP contribution in [0.4, 0.5) is 0 Å². The van der Waals surface area contributed by atoms with Crippen LogP contribution in [0.15, 0.2) is 12.1 Å². The Morgan fingerprint density at radius 2 is 2.05 bits per heavy atom. The largest absolute Gasteiger partial charge is 0.393 e. The van der Waals surface area contributed by atoms with Gasteiger partial charge in [-0.2, -0.15) is 0 Å². The van der Waals surface area contributed by atoms with Gasteiger partial charge in [-0.1, -0.05) is 6.92 Å². The molecule has 0 spiro atoms. The van der Waals surface area contributed by atoms with Crippen molar-refractivity contribution in [1.29, 1.82) is 0 Å². The fourth-order valence-corrected chi connectivity index (χ4v) is 3.76. The molecule has 4 N–H and O–H groups in total. The second kappa shape index (κ2) is 6.84. The first-order valence-electron chi connectivity index (χ1n) is 8.55. The van der Waals surface area contributed by atoms with Crippen LogP contribution in [0.1, 0.15) is 48.8 Å². The van der Waals surface area contributed by atoms with Crippen molar-refractivity contribution in [2.45, 2.75) is 51.2 Å². The van der Waals surface area contributed by atoms with E-state index in [0.29, 0.717) is 17.5 Å². The van der Waals surface area contributed by atoms with Gasteiger partial charge in [-0.25, -0.2) is 0 Å². The standard InChI is InChI=1S/C17H27N3O2/c1-2-13-3-4-15(19-13)17(22)20-16(12-9-14(21)10-12)11-5-7-18-8-6-11/h3-4,11-12,14,16,18-19,21H,2,5-10H2,1H3,(H,20,22). The van der Waals surface area contributed by atoms with E-state index in [9.17, 15) is 9.90 Å². The number of amides is 1. The van der Waals surface area contributed by atoms with E-state index in [1.807, 2.05) is 12.1 Å².